The molecule has 0 aliphatic heterocycles. The van der Waals surface area contributed by atoms with Crippen LogP contribution in [0.5, 0.6) is 5.75 Å². The van der Waals surface area contributed by atoms with Gasteiger partial charge in [-0.05, 0) is 31.5 Å². The lowest BCUT2D eigenvalue weighted by Gasteiger charge is -2.04. The van der Waals surface area contributed by atoms with Gasteiger partial charge in [-0.3, -0.25) is 4.79 Å². The molecule has 0 fully saturated rings. The fraction of sp³-hybridized carbons (Fsp3) is 0.250. The molecule has 1 N–H and O–H groups in total. The summed E-state index contributed by atoms with van der Waals surface area (Å²) in [6, 6.07) is 3.17. The Balaban J connectivity index is 3.25. The van der Waals surface area contributed by atoms with Crippen LogP contribution in [0.15, 0.2) is 12.1 Å². The Bertz CT molecular complexity index is 453. The first-order chi connectivity index (χ1) is 7.06. The number of carbonyl (C=O) groups is 1. The zero-order valence-electron chi connectivity index (χ0n) is 8.66. The van der Waals surface area contributed by atoms with Gasteiger partial charge in [0.25, 0.3) is 0 Å². The predicted molar refractivity (Wildman–Crippen MR) is 63.6 cm³/mol. The number of phenolic OH excluding ortho intramolecular Hbond substituents is 1. The molecular formula is C12H12O2S. The van der Waals surface area contributed by atoms with Crippen LogP contribution in [0, 0.1) is 18.8 Å². The van der Waals surface area contributed by atoms with Crippen molar-refractivity contribution in [2.24, 2.45) is 0 Å². The molecule has 1 rings (SSSR count). The molecule has 0 unspecified atom stereocenters. The van der Waals surface area contributed by atoms with Gasteiger partial charge >= 0.3 is 0 Å². The summed E-state index contributed by atoms with van der Waals surface area (Å²) in [4.78, 5) is 11.1. The fourth-order valence-corrected chi connectivity index (χ4v) is 1.33. The molecule has 0 aromatic heterocycles. The lowest BCUT2D eigenvalue weighted by atomic mass is 10.0. The molecule has 1 aromatic carbocycles. The fourth-order valence-electron chi connectivity index (χ4n) is 1.25. The normalized spacial score (nSPS) is 9.27. The number of thiol groups is 1. The molecule has 0 bridgehead atoms. The first kappa shape index (κ1) is 11.7. The third-order valence-corrected chi connectivity index (χ3v) is 2.18. The largest absolute Gasteiger partial charge is 0.507 e. The van der Waals surface area contributed by atoms with Crippen molar-refractivity contribution in [3.63, 3.8) is 0 Å². The Kier molecular flexibility index (Phi) is 3.81. The van der Waals surface area contributed by atoms with Gasteiger partial charge in [0, 0.05) is 5.56 Å². The second kappa shape index (κ2) is 4.90. The highest BCUT2D eigenvalue weighted by Gasteiger charge is 2.08. The first-order valence-electron chi connectivity index (χ1n) is 4.50. The van der Waals surface area contributed by atoms with Crippen LogP contribution in [-0.2, 0) is 0 Å². The summed E-state index contributed by atoms with van der Waals surface area (Å²) < 4.78 is 0. The Hall–Kier alpha value is -1.40. The van der Waals surface area contributed by atoms with E-state index >= 15 is 0 Å². The highest BCUT2D eigenvalue weighted by molar-refractivity contribution is 7.80. The maximum Gasteiger partial charge on any atom is 0.163 e. The molecule has 0 aliphatic carbocycles. The van der Waals surface area contributed by atoms with Gasteiger partial charge in [0.15, 0.2) is 5.78 Å². The molecular weight excluding hydrogens is 208 g/mol. The van der Waals surface area contributed by atoms with Crippen molar-refractivity contribution in [3.05, 3.63) is 28.8 Å². The van der Waals surface area contributed by atoms with Crippen LogP contribution in [0.4, 0.5) is 0 Å². The average molecular weight is 220 g/mol. The van der Waals surface area contributed by atoms with E-state index in [2.05, 4.69) is 24.5 Å². The molecule has 0 saturated carbocycles. The molecule has 0 saturated heterocycles. The number of phenols is 1. The molecule has 3 heteroatoms. The van der Waals surface area contributed by atoms with Gasteiger partial charge in [0.2, 0.25) is 0 Å². The van der Waals surface area contributed by atoms with E-state index in [0.29, 0.717) is 11.3 Å². The van der Waals surface area contributed by atoms with Gasteiger partial charge < -0.3 is 5.11 Å². The van der Waals surface area contributed by atoms with Crippen molar-refractivity contribution in [3.8, 4) is 17.6 Å². The molecule has 0 heterocycles. The zero-order valence-corrected chi connectivity index (χ0v) is 9.56. The summed E-state index contributed by atoms with van der Waals surface area (Å²) in [5, 5.41) is 9.58. The number of aromatic hydroxyl groups is 1. The second-order valence-electron chi connectivity index (χ2n) is 3.20. The minimum absolute atomic E-state index is 0.0171. The van der Waals surface area contributed by atoms with Crippen molar-refractivity contribution in [1.82, 2.24) is 0 Å². The molecule has 2 nitrogen and oxygen atoms in total. The molecule has 0 amide bonds. The van der Waals surface area contributed by atoms with Gasteiger partial charge in [-0.15, -0.1) is 0 Å². The van der Waals surface area contributed by atoms with Crippen molar-refractivity contribution in [1.29, 1.82) is 0 Å². The van der Waals surface area contributed by atoms with E-state index in [1.165, 1.54) is 13.0 Å². The summed E-state index contributed by atoms with van der Waals surface area (Å²) in [5.74, 6) is 5.97. The van der Waals surface area contributed by atoms with E-state index in [0.717, 1.165) is 11.1 Å². The Labute approximate surface area is 94.7 Å². The Morgan fingerprint density at radius 3 is 2.73 bits per heavy atom. The summed E-state index contributed by atoms with van der Waals surface area (Å²) >= 11 is 3.97. The van der Waals surface area contributed by atoms with E-state index in [4.69, 9.17) is 0 Å². The molecule has 0 spiro atoms. The van der Waals surface area contributed by atoms with Gasteiger partial charge in [-0.25, -0.2) is 0 Å². The maximum atomic E-state index is 11.1. The number of Topliss-reactive ketones (excluding diaryl/α,β-unsaturated/α-hetero) is 1. The van der Waals surface area contributed by atoms with Crippen LogP contribution in [-0.4, -0.2) is 16.6 Å². The topological polar surface area (TPSA) is 37.3 Å². The number of hydrogen-bond donors (Lipinski definition) is 2. The van der Waals surface area contributed by atoms with Crippen molar-refractivity contribution in [2.45, 2.75) is 13.8 Å². The number of ketones is 1. The zero-order chi connectivity index (χ0) is 11.4. The third-order valence-electron chi connectivity index (χ3n) is 2.02. The summed E-state index contributed by atoms with van der Waals surface area (Å²) in [6.07, 6.45) is 0. The van der Waals surface area contributed by atoms with E-state index in [1.54, 1.807) is 6.07 Å². The Morgan fingerprint density at radius 2 is 2.20 bits per heavy atom. The average Bonchev–Trinajstić information content (AvgIpc) is 2.18. The van der Waals surface area contributed by atoms with Crippen molar-refractivity contribution < 1.29 is 9.90 Å². The van der Waals surface area contributed by atoms with E-state index < -0.39 is 0 Å². The van der Waals surface area contributed by atoms with Gasteiger partial charge in [-0.2, -0.15) is 12.6 Å². The second-order valence-corrected chi connectivity index (χ2v) is 3.52. The highest BCUT2D eigenvalue weighted by atomic mass is 32.1. The van der Waals surface area contributed by atoms with E-state index in [-0.39, 0.29) is 11.5 Å². The van der Waals surface area contributed by atoms with E-state index in [1.807, 2.05) is 6.92 Å². The number of hydrogen-bond acceptors (Lipinski definition) is 3. The maximum absolute atomic E-state index is 11.1. The highest BCUT2D eigenvalue weighted by Crippen LogP contribution is 2.22. The number of aryl methyl sites for hydroxylation is 1. The van der Waals surface area contributed by atoms with Crippen LogP contribution in [0.3, 0.4) is 0 Å². The molecule has 15 heavy (non-hydrogen) atoms. The minimum Gasteiger partial charge on any atom is -0.507 e. The van der Waals surface area contributed by atoms with Gasteiger partial charge in [0.1, 0.15) is 5.75 Å². The first-order valence-corrected chi connectivity index (χ1v) is 5.13. The number of carbonyl (C=O) groups excluding carboxylic acids is 1. The molecule has 0 aliphatic rings. The summed E-state index contributed by atoms with van der Waals surface area (Å²) in [6.45, 7) is 3.28. The smallest absolute Gasteiger partial charge is 0.163 e. The molecule has 1 aromatic rings. The predicted octanol–water partition coefficient (Wildman–Crippen LogP) is 2.18. The summed E-state index contributed by atoms with van der Waals surface area (Å²) in [5.41, 5.74) is 1.95. The van der Waals surface area contributed by atoms with Gasteiger partial charge in [0.05, 0.1) is 11.3 Å². The SMILES string of the molecule is CC(=O)c1cc(C)c(C#CCS)cc1O. The van der Waals surface area contributed by atoms with Crippen LogP contribution in [0.1, 0.15) is 28.4 Å². The van der Waals surface area contributed by atoms with Crippen LogP contribution < -0.4 is 0 Å². The quantitative estimate of drug-likeness (QED) is 0.432. The number of rotatable bonds is 1. The standard InChI is InChI=1S/C12H12O2S/c1-8-6-11(9(2)13)12(14)7-10(8)4-3-5-15/h6-7,14-15H,5H2,1-2H3. The Morgan fingerprint density at radius 1 is 1.53 bits per heavy atom. The van der Waals surface area contributed by atoms with Crippen molar-refractivity contribution >= 4 is 18.4 Å². The van der Waals surface area contributed by atoms with Gasteiger partial charge in [-0.1, -0.05) is 11.8 Å². The van der Waals surface area contributed by atoms with Crippen LogP contribution in [0.25, 0.3) is 0 Å². The minimum atomic E-state index is -0.149. The number of benzene rings is 1. The van der Waals surface area contributed by atoms with Crippen molar-refractivity contribution in [2.75, 3.05) is 5.75 Å². The molecule has 0 radical (unpaired) electrons. The monoisotopic (exact) mass is 220 g/mol. The van der Waals surface area contributed by atoms with E-state index in [9.17, 15) is 9.90 Å². The van der Waals surface area contributed by atoms with Crippen LogP contribution in [0.2, 0.25) is 0 Å². The lowest BCUT2D eigenvalue weighted by Crippen LogP contribution is -1.95. The van der Waals surface area contributed by atoms with Crippen LogP contribution >= 0.6 is 12.6 Å². The third kappa shape index (κ3) is 2.77. The summed E-state index contributed by atoms with van der Waals surface area (Å²) in [7, 11) is 0. The lowest BCUT2D eigenvalue weighted by molar-refractivity contribution is 0.101. The molecule has 0 atom stereocenters. The molecule has 78 valence electrons.